The van der Waals surface area contributed by atoms with Gasteiger partial charge in [-0.1, -0.05) is 28.9 Å². The molecule has 0 spiro atoms. The summed E-state index contributed by atoms with van der Waals surface area (Å²) in [6.45, 7) is 0. The average molecular weight is 489 g/mol. The van der Waals surface area contributed by atoms with Crippen LogP contribution in [0.25, 0.3) is 0 Å². The minimum atomic E-state index is -3.89. The lowest BCUT2D eigenvalue weighted by Gasteiger charge is -2.13. The molecule has 33 heavy (non-hydrogen) atoms. The Balaban J connectivity index is 1.53. The van der Waals surface area contributed by atoms with Gasteiger partial charge in [0.15, 0.2) is 0 Å². The number of hydrogen-bond acceptors (Lipinski definition) is 6. The molecule has 3 aromatic rings. The molecule has 170 valence electrons. The van der Waals surface area contributed by atoms with E-state index >= 15 is 0 Å². The number of anilines is 1. The molecule has 0 bridgehead atoms. The summed E-state index contributed by atoms with van der Waals surface area (Å²) in [5.74, 6) is -0.648. The molecule has 0 radical (unpaired) electrons. The Morgan fingerprint density at radius 3 is 2.45 bits per heavy atom. The van der Waals surface area contributed by atoms with Crippen LogP contribution in [0.3, 0.4) is 0 Å². The van der Waals surface area contributed by atoms with Crippen LogP contribution >= 0.6 is 11.6 Å². The fourth-order valence-corrected chi connectivity index (χ4v) is 4.67. The molecule has 3 aromatic carbocycles. The van der Waals surface area contributed by atoms with Gasteiger partial charge < -0.3 is 14.9 Å². The Morgan fingerprint density at radius 2 is 1.79 bits per heavy atom. The third-order valence-corrected chi connectivity index (χ3v) is 6.96. The highest BCUT2D eigenvalue weighted by Gasteiger charge is 2.29. The second-order valence-electron chi connectivity index (χ2n) is 7.19. The van der Waals surface area contributed by atoms with Gasteiger partial charge in [-0.15, -0.1) is 0 Å². The molecule has 1 aliphatic heterocycles. The van der Waals surface area contributed by atoms with Gasteiger partial charge in [0.25, 0.3) is 5.91 Å². The summed E-state index contributed by atoms with van der Waals surface area (Å²) in [5, 5.41) is 6.98. The molecule has 4 rings (SSSR count). The number of carbonyl (C=O) groups is 1. The van der Waals surface area contributed by atoms with E-state index in [2.05, 4.69) is 10.5 Å². The Hall–Kier alpha value is -3.43. The number of hydrogen-bond donors (Lipinski definition) is 1. The van der Waals surface area contributed by atoms with Crippen molar-refractivity contribution in [3.8, 4) is 5.75 Å². The minimum absolute atomic E-state index is 0.0499. The predicted molar refractivity (Wildman–Crippen MR) is 121 cm³/mol. The molecule has 0 fully saturated rings. The maximum Gasteiger partial charge on any atom is 0.268 e. The zero-order chi connectivity index (χ0) is 23.6. The number of ether oxygens (including phenoxy) is 1. The van der Waals surface area contributed by atoms with Crippen molar-refractivity contribution in [2.75, 3.05) is 12.4 Å². The number of carbonyl (C=O) groups excluding carboxylic acids is 1. The van der Waals surface area contributed by atoms with Crippen LogP contribution in [-0.4, -0.2) is 33.3 Å². The molecule has 1 atom stereocenters. The second-order valence-corrected chi connectivity index (χ2v) is 9.57. The molecule has 0 saturated heterocycles. The topological polar surface area (TPSA) is 94.1 Å². The first-order valence-corrected chi connectivity index (χ1v) is 11.6. The average Bonchev–Trinajstić information content (AvgIpc) is 3.30. The SMILES string of the molecule is COc1cc(NC(=O)C2CC(c3ccc(F)cc3)=NO2)cc(S(=O)(=O)c2ccc(Cl)cc2)c1. The quantitative estimate of drug-likeness (QED) is 0.553. The van der Waals surface area contributed by atoms with E-state index in [0.29, 0.717) is 16.3 Å². The molecule has 0 aromatic heterocycles. The van der Waals surface area contributed by atoms with Crippen molar-refractivity contribution in [1.29, 1.82) is 0 Å². The number of nitrogens with zero attached hydrogens (tertiary/aromatic N) is 1. The van der Waals surface area contributed by atoms with Crippen LogP contribution in [0.15, 0.2) is 81.7 Å². The molecule has 7 nitrogen and oxygen atoms in total. The number of nitrogens with one attached hydrogen (secondary N) is 1. The number of halogens is 2. The monoisotopic (exact) mass is 488 g/mol. The summed E-state index contributed by atoms with van der Waals surface area (Å²) in [6.07, 6.45) is -0.746. The lowest BCUT2D eigenvalue weighted by molar-refractivity contribution is -0.125. The third kappa shape index (κ3) is 4.99. The van der Waals surface area contributed by atoms with Gasteiger partial charge in [0.2, 0.25) is 15.9 Å². The van der Waals surface area contributed by atoms with Crippen molar-refractivity contribution in [3.05, 3.63) is 83.1 Å². The van der Waals surface area contributed by atoms with Gasteiger partial charge in [0, 0.05) is 23.2 Å². The largest absolute Gasteiger partial charge is 0.497 e. The Morgan fingerprint density at radius 1 is 1.09 bits per heavy atom. The van der Waals surface area contributed by atoms with Crippen molar-refractivity contribution in [2.24, 2.45) is 5.16 Å². The number of amides is 1. The van der Waals surface area contributed by atoms with E-state index in [-0.39, 0.29) is 33.5 Å². The van der Waals surface area contributed by atoms with Gasteiger partial charge in [-0.2, -0.15) is 0 Å². The first-order valence-electron chi connectivity index (χ1n) is 9.75. The van der Waals surface area contributed by atoms with E-state index in [0.717, 1.165) is 0 Å². The number of methoxy groups -OCH3 is 1. The second kappa shape index (κ2) is 9.21. The van der Waals surface area contributed by atoms with Crippen molar-refractivity contribution in [3.63, 3.8) is 0 Å². The van der Waals surface area contributed by atoms with Crippen LogP contribution in [0.1, 0.15) is 12.0 Å². The first kappa shape index (κ1) is 22.8. The Kier molecular flexibility index (Phi) is 6.35. The maximum atomic E-state index is 13.1. The fraction of sp³-hybridized carbons (Fsp3) is 0.130. The van der Waals surface area contributed by atoms with E-state index < -0.39 is 21.8 Å². The molecule has 0 aliphatic carbocycles. The lowest BCUT2D eigenvalue weighted by atomic mass is 10.0. The zero-order valence-electron chi connectivity index (χ0n) is 17.3. The van der Waals surface area contributed by atoms with E-state index in [4.69, 9.17) is 21.2 Å². The maximum absolute atomic E-state index is 13.1. The predicted octanol–water partition coefficient (Wildman–Crippen LogP) is 4.45. The van der Waals surface area contributed by atoms with Crippen molar-refractivity contribution < 1.29 is 27.2 Å². The normalized spacial score (nSPS) is 15.5. The first-order chi connectivity index (χ1) is 15.8. The molecule has 1 unspecified atom stereocenters. The molecular formula is C23H18ClFN2O5S. The highest BCUT2D eigenvalue weighted by atomic mass is 35.5. The van der Waals surface area contributed by atoms with Gasteiger partial charge in [0.1, 0.15) is 11.6 Å². The molecule has 0 saturated carbocycles. The number of oxime groups is 1. The molecule has 1 aliphatic rings. The molecular weight excluding hydrogens is 471 g/mol. The Labute approximate surface area is 194 Å². The lowest BCUT2D eigenvalue weighted by Crippen LogP contribution is -2.28. The summed E-state index contributed by atoms with van der Waals surface area (Å²) >= 11 is 5.86. The van der Waals surface area contributed by atoms with Crippen LogP contribution < -0.4 is 10.1 Å². The number of sulfone groups is 1. The highest BCUT2D eigenvalue weighted by molar-refractivity contribution is 7.91. The standard InChI is InChI=1S/C23H18ClFN2O5S/c1-31-18-10-17(11-20(12-18)33(29,30)19-8-4-15(24)5-9-19)26-23(28)22-13-21(27-32-22)14-2-6-16(25)7-3-14/h2-12,22H,13H2,1H3,(H,26,28). The van der Waals surface area contributed by atoms with Gasteiger partial charge >= 0.3 is 0 Å². The van der Waals surface area contributed by atoms with E-state index in [1.807, 2.05) is 0 Å². The van der Waals surface area contributed by atoms with Crippen LogP contribution in [-0.2, 0) is 19.5 Å². The number of rotatable bonds is 6. The molecule has 1 N–H and O–H groups in total. The highest BCUT2D eigenvalue weighted by Crippen LogP contribution is 2.29. The van der Waals surface area contributed by atoms with Crippen LogP contribution in [0, 0.1) is 5.82 Å². The molecule has 1 heterocycles. The summed E-state index contributed by atoms with van der Waals surface area (Å²) in [4.78, 5) is 18.0. The van der Waals surface area contributed by atoms with Crippen molar-refractivity contribution in [2.45, 2.75) is 22.3 Å². The van der Waals surface area contributed by atoms with Crippen LogP contribution in [0.4, 0.5) is 10.1 Å². The Bertz CT molecular complexity index is 1330. The van der Waals surface area contributed by atoms with E-state index in [9.17, 15) is 17.6 Å². The summed E-state index contributed by atoms with van der Waals surface area (Å²) < 4.78 is 44.4. The van der Waals surface area contributed by atoms with Crippen LogP contribution in [0.2, 0.25) is 5.02 Å². The zero-order valence-corrected chi connectivity index (χ0v) is 18.9. The van der Waals surface area contributed by atoms with Crippen molar-refractivity contribution >= 4 is 38.7 Å². The fourth-order valence-electron chi connectivity index (χ4n) is 3.22. The number of benzene rings is 3. The molecule has 10 heteroatoms. The van der Waals surface area contributed by atoms with E-state index in [1.165, 1.54) is 61.7 Å². The summed E-state index contributed by atoms with van der Waals surface area (Å²) in [6, 6.07) is 15.6. The van der Waals surface area contributed by atoms with Gasteiger partial charge in [-0.05, 0) is 54.1 Å². The minimum Gasteiger partial charge on any atom is -0.497 e. The summed E-state index contributed by atoms with van der Waals surface area (Å²) in [7, 11) is -2.50. The smallest absolute Gasteiger partial charge is 0.268 e. The molecule has 1 amide bonds. The van der Waals surface area contributed by atoms with Crippen LogP contribution in [0.5, 0.6) is 5.75 Å². The van der Waals surface area contributed by atoms with Gasteiger partial charge in [-0.3, -0.25) is 4.79 Å². The van der Waals surface area contributed by atoms with E-state index in [1.54, 1.807) is 12.1 Å². The summed E-state index contributed by atoms with van der Waals surface area (Å²) in [5.41, 5.74) is 1.36. The van der Waals surface area contributed by atoms with Gasteiger partial charge in [-0.25, -0.2) is 12.8 Å². The van der Waals surface area contributed by atoms with Crippen molar-refractivity contribution in [1.82, 2.24) is 0 Å². The van der Waals surface area contributed by atoms with Gasteiger partial charge in [0.05, 0.1) is 22.6 Å². The third-order valence-electron chi connectivity index (χ3n) is 4.96.